The summed E-state index contributed by atoms with van der Waals surface area (Å²) in [5.41, 5.74) is 7.99. The second-order valence-corrected chi connectivity index (χ2v) is 9.36. The smallest absolute Gasteiger partial charge is 0.167 e. The van der Waals surface area contributed by atoms with E-state index in [2.05, 4.69) is 40.9 Å². The van der Waals surface area contributed by atoms with Crippen LogP contribution < -0.4 is 5.73 Å². The summed E-state index contributed by atoms with van der Waals surface area (Å²) < 4.78 is 7.55. The van der Waals surface area contributed by atoms with Gasteiger partial charge >= 0.3 is 0 Å². The Morgan fingerprint density at radius 1 is 1.14 bits per heavy atom. The zero-order valence-corrected chi connectivity index (χ0v) is 17.2. The van der Waals surface area contributed by atoms with E-state index in [4.69, 9.17) is 10.5 Å². The number of thioether (sulfide) groups is 1. The summed E-state index contributed by atoms with van der Waals surface area (Å²) in [6, 6.07) is 10.3. The van der Waals surface area contributed by atoms with Crippen molar-refractivity contribution in [1.29, 1.82) is 0 Å². The number of nitrogens with two attached hydrogens (primary N) is 1. The molecule has 0 saturated carbocycles. The Morgan fingerprint density at radius 3 is 2.66 bits per heavy atom. The zero-order chi connectivity index (χ0) is 20.6. The van der Waals surface area contributed by atoms with Gasteiger partial charge in [0.1, 0.15) is 24.1 Å². The molecule has 1 aliphatic rings. The number of nitrogen functional groups attached to an aromatic ring is 1. The van der Waals surface area contributed by atoms with E-state index in [1.165, 1.54) is 18.2 Å². The van der Waals surface area contributed by atoms with Gasteiger partial charge in [0, 0.05) is 4.75 Å². The second-order valence-electron chi connectivity index (χ2n) is 7.64. The van der Waals surface area contributed by atoms with Crippen LogP contribution in [0.25, 0.3) is 11.2 Å². The molecule has 1 aliphatic heterocycles. The monoisotopic (exact) mass is 415 g/mol. The summed E-state index contributed by atoms with van der Waals surface area (Å²) in [4.78, 5) is 12.3. The minimum Gasteiger partial charge on any atom is -0.388 e. The number of imidazole rings is 1. The highest BCUT2D eigenvalue weighted by Gasteiger charge is 2.44. The summed E-state index contributed by atoms with van der Waals surface area (Å²) in [6.45, 7) is 4.36. The number of nitrogens with zero attached hydrogens (tertiary/aromatic N) is 4. The molecule has 0 amide bonds. The van der Waals surface area contributed by atoms with E-state index in [0.717, 1.165) is 5.75 Å². The highest BCUT2D eigenvalue weighted by Crippen LogP contribution is 2.38. The van der Waals surface area contributed by atoms with Gasteiger partial charge in [-0.15, -0.1) is 0 Å². The molecule has 3 heterocycles. The lowest BCUT2D eigenvalue weighted by Gasteiger charge is -2.25. The van der Waals surface area contributed by atoms with Gasteiger partial charge in [0.2, 0.25) is 0 Å². The molecule has 1 saturated heterocycles. The largest absolute Gasteiger partial charge is 0.388 e. The summed E-state index contributed by atoms with van der Waals surface area (Å²) in [7, 11) is 0. The van der Waals surface area contributed by atoms with Crippen molar-refractivity contribution >= 4 is 28.7 Å². The van der Waals surface area contributed by atoms with E-state index in [9.17, 15) is 10.2 Å². The number of fused-ring (bicyclic) bond motifs is 1. The van der Waals surface area contributed by atoms with Gasteiger partial charge in [-0.1, -0.05) is 30.3 Å². The van der Waals surface area contributed by atoms with Crippen LogP contribution in [0.1, 0.15) is 32.1 Å². The van der Waals surface area contributed by atoms with Gasteiger partial charge < -0.3 is 20.7 Å². The van der Waals surface area contributed by atoms with Gasteiger partial charge in [-0.3, -0.25) is 4.57 Å². The van der Waals surface area contributed by atoms with E-state index in [1.54, 1.807) is 16.3 Å². The molecule has 0 bridgehead atoms. The molecule has 154 valence electrons. The Bertz CT molecular complexity index is 981. The van der Waals surface area contributed by atoms with Crippen molar-refractivity contribution in [2.24, 2.45) is 0 Å². The molecular weight excluding hydrogens is 390 g/mol. The van der Waals surface area contributed by atoms with Crippen molar-refractivity contribution < 1.29 is 14.9 Å². The van der Waals surface area contributed by atoms with E-state index in [-0.39, 0.29) is 10.6 Å². The van der Waals surface area contributed by atoms with Crippen molar-refractivity contribution in [2.75, 3.05) is 11.5 Å². The number of aliphatic hydroxyl groups excluding tert-OH is 2. The van der Waals surface area contributed by atoms with Crippen LogP contribution in [-0.4, -0.2) is 53.8 Å². The molecule has 4 N–H and O–H groups in total. The normalized spacial score (nSPS) is 25.0. The number of ether oxygens (including phenoxy) is 1. The van der Waals surface area contributed by atoms with Gasteiger partial charge in [0.05, 0.1) is 12.4 Å². The summed E-state index contributed by atoms with van der Waals surface area (Å²) in [5.74, 6) is 1.04. The van der Waals surface area contributed by atoms with Crippen molar-refractivity contribution in [2.45, 2.75) is 49.6 Å². The average molecular weight is 416 g/mol. The molecule has 0 unspecified atom stereocenters. The summed E-state index contributed by atoms with van der Waals surface area (Å²) >= 11 is 1.80. The first-order valence-corrected chi connectivity index (χ1v) is 10.5. The number of aliphatic hydroxyl groups is 2. The maximum Gasteiger partial charge on any atom is 0.167 e. The molecule has 1 fully saturated rings. The Morgan fingerprint density at radius 2 is 1.90 bits per heavy atom. The minimum absolute atomic E-state index is 0.0577. The fourth-order valence-electron chi connectivity index (χ4n) is 3.61. The Kier molecular flexibility index (Phi) is 5.48. The number of benzene rings is 1. The Hall–Kier alpha value is -2.20. The zero-order valence-electron chi connectivity index (χ0n) is 16.3. The molecule has 0 aliphatic carbocycles. The van der Waals surface area contributed by atoms with Crippen LogP contribution in [0.15, 0.2) is 43.0 Å². The van der Waals surface area contributed by atoms with Gasteiger partial charge in [0.15, 0.2) is 17.7 Å². The van der Waals surface area contributed by atoms with Crippen LogP contribution in [0.4, 0.5) is 5.82 Å². The number of anilines is 1. The van der Waals surface area contributed by atoms with Crippen LogP contribution >= 0.6 is 11.8 Å². The first-order valence-electron chi connectivity index (χ1n) is 9.52. The van der Waals surface area contributed by atoms with Gasteiger partial charge in [-0.25, -0.2) is 15.0 Å². The molecular formula is C20H25N5O3S. The minimum atomic E-state index is -1.08. The van der Waals surface area contributed by atoms with Crippen molar-refractivity contribution in [3.8, 4) is 0 Å². The van der Waals surface area contributed by atoms with Crippen LogP contribution in [0.3, 0.4) is 0 Å². The maximum atomic E-state index is 10.6. The molecule has 1 aromatic carbocycles. The third-order valence-corrected chi connectivity index (χ3v) is 6.73. The van der Waals surface area contributed by atoms with Gasteiger partial charge in [-0.05, 0) is 31.6 Å². The molecule has 4 atom stereocenters. The van der Waals surface area contributed by atoms with Crippen molar-refractivity contribution in [3.05, 3.63) is 48.5 Å². The quantitative estimate of drug-likeness (QED) is 0.560. The highest BCUT2D eigenvalue weighted by atomic mass is 32.2. The lowest BCUT2D eigenvalue weighted by atomic mass is 10.0. The fourth-order valence-corrected chi connectivity index (χ4v) is 4.77. The predicted octanol–water partition coefficient (Wildman–Crippen LogP) is 2.09. The van der Waals surface area contributed by atoms with Crippen LogP contribution in [0.5, 0.6) is 0 Å². The lowest BCUT2D eigenvalue weighted by molar-refractivity contribution is -0.0352. The number of rotatable bonds is 6. The topological polar surface area (TPSA) is 119 Å². The van der Waals surface area contributed by atoms with Crippen LogP contribution in [-0.2, 0) is 9.48 Å². The standard InChI is InChI=1S/C20H25N5O3S/c1-20(2,12-6-4-3-5-7-12)29-9-8-13-15(26)16(27)19(28-13)25-11-24-14-17(21)22-10-23-18(14)25/h3-7,10-11,13,15-16,19,26-27H,8-9H2,1-2H3,(H2,21,22,23)/t13-,15-,16-,19-/m1/s1. The maximum absolute atomic E-state index is 10.6. The van der Waals surface area contributed by atoms with E-state index >= 15 is 0 Å². The number of hydrogen-bond donors (Lipinski definition) is 3. The van der Waals surface area contributed by atoms with Gasteiger partial charge in [0.25, 0.3) is 0 Å². The summed E-state index contributed by atoms with van der Waals surface area (Å²) in [6.07, 6.45) is 0.128. The van der Waals surface area contributed by atoms with E-state index < -0.39 is 24.5 Å². The van der Waals surface area contributed by atoms with E-state index in [1.807, 2.05) is 18.2 Å². The molecule has 2 aromatic heterocycles. The molecule has 0 radical (unpaired) electrons. The first kappa shape index (κ1) is 20.1. The molecule has 8 nitrogen and oxygen atoms in total. The first-order chi connectivity index (χ1) is 13.9. The highest BCUT2D eigenvalue weighted by molar-refractivity contribution is 8.00. The van der Waals surface area contributed by atoms with E-state index in [0.29, 0.717) is 17.6 Å². The van der Waals surface area contributed by atoms with Crippen LogP contribution in [0, 0.1) is 0 Å². The molecule has 0 spiro atoms. The van der Waals surface area contributed by atoms with Crippen molar-refractivity contribution in [3.63, 3.8) is 0 Å². The fraction of sp³-hybridized carbons (Fsp3) is 0.450. The third-order valence-electron chi connectivity index (χ3n) is 5.33. The molecule has 29 heavy (non-hydrogen) atoms. The Labute approximate surface area is 173 Å². The SMILES string of the molecule is CC(C)(SCC[C@H]1O[C@@H](n2cnc3c(N)ncnc32)[C@H](O)[C@@H]1O)c1ccccc1. The number of aromatic nitrogens is 4. The van der Waals surface area contributed by atoms with Crippen molar-refractivity contribution in [1.82, 2.24) is 19.5 Å². The molecule has 4 rings (SSSR count). The Balaban J connectivity index is 1.43. The summed E-state index contributed by atoms with van der Waals surface area (Å²) in [5, 5.41) is 21.1. The molecule has 3 aromatic rings. The third kappa shape index (κ3) is 3.83. The van der Waals surface area contributed by atoms with Gasteiger partial charge in [-0.2, -0.15) is 11.8 Å². The second kappa shape index (κ2) is 7.91. The average Bonchev–Trinajstić information content (AvgIpc) is 3.26. The van der Waals surface area contributed by atoms with Crippen LogP contribution in [0.2, 0.25) is 0 Å². The predicted molar refractivity (Wildman–Crippen MR) is 112 cm³/mol. The number of hydrogen-bond acceptors (Lipinski definition) is 8. The lowest BCUT2D eigenvalue weighted by Crippen LogP contribution is -2.32. The molecule has 9 heteroatoms.